The van der Waals surface area contributed by atoms with Gasteiger partial charge < -0.3 is 15.8 Å². The molecule has 0 saturated carbocycles. The summed E-state index contributed by atoms with van der Waals surface area (Å²) < 4.78 is 4.95. The number of ether oxygens (including phenoxy) is 1. The van der Waals surface area contributed by atoms with E-state index in [9.17, 15) is 4.79 Å². The van der Waals surface area contributed by atoms with E-state index < -0.39 is 6.03 Å². The second-order valence-corrected chi connectivity index (χ2v) is 5.17. The van der Waals surface area contributed by atoms with Crippen LogP contribution < -0.4 is 11.1 Å². The van der Waals surface area contributed by atoms with Gasteiger partial charge in [0.1, 0.15) is 0 Å². The van der Waals surface area contributed by atoms with E-state index in [1.54, 1.807) is 7.11 Å². The molecule has 3 N–H and O–H groups in total. The Hall–Kier alpha value is -0.553. The molecular weight excluding hydrogens is 184 g/mol. The van der Waals surface area contributed by atoms with Crippen molar-refractivity contribution in [1.29, 1.82) is 0 Å². The molecule has 0 heterocycles. The Morgan fingerprint density at radius 3 is 2.77 bits per heavy atom. The van der Waals surface area contributed by atoms with Crippen molar-refractivity contribution < 1.29 is 9.53 Å². The van der Waals surface area contributed by atoms with Crippen molar-refractivity contribution in [3.05, 3.63) is 0 Å². The third kappa shape index (κ3) is 11.4. The van der Waals surface area contributed by atoms with Crippen LogP contribution in [0.4, 0.5) is 4.79 Å². The number of hydrogen-bond acceptors (Lipinski definition) is 2. The zero-order chi connectivity index (χ0) is 9.94. The van der Waals surface area contributed by atoms with Gasteiger partial charge in [0.15, 0.2) is 0 Å². The zero-order valence-electron chi connectivity index (χ0n) is 8.34. The molecule has 0 saturated heterocycles. The van der Waals surface area contributed by atoms with Crippen LogP contribution in [0.3, 0.4) is 0 Å². The summed E-state index contributed by atoms with van der Waals surface area (Å²) in [5.41, 5.74) is 4.92. The maximum absolute atomic E-state index is 10.3. The van der Waals surface area contributed by atoms with E-state index >= 15 is 0 Å². The van der Waals surface area contributed by atoms with Crippen LogP contribution in [0.15, 0.2) is 0 Å². The lowest BCUT2D eigenvalue weighted by atomic mass is 10.5. The molecule has 0 bridgehead atoms. The quantitative estimate of drug-likeness (QED) is 0.434. The summed E-state index contributed by atoms with van der Waals surface area (Å²) in [6.45, 7) is 1.61. The predicted molar refractivity (Wildman–Crippen MR) is 56.9 cm³/mol. The molecule has 78 valence electrons. The summed E-state index contributed by atoms with van der Waals surface area (Å²) in [5, 5.41) is 2.58. The molecule has 0 radical (unpaired) electrons. The summed E-state index contributed by atoms with van der Waals surface area (Å²) in [5.74, 6) is 0. The first-order valence-corrected chi connectivity index (χ1v) is 6.79. The molecule has 4 nitrogen and oxygen atoms in total. The van der Waals surface area contributed by atoms with E-state index in [1.165, 1.54) is 18.5 Å². The maximum Gasteiger partial charge on any atom is 0.312 e. The number of primary amides is 1. The number of nitrogens with two attached hydrogens (primary N) is 1. The molecule has 0 atom stereocenters. The molecule has 0 aromatic heterocycles. The van der Waals surface area contributed by atoms with Gasteiger partial charge in [0, 0.05) is 29.8 Å². The Morgan fingerprint density at radius 2 is 2.15 bits per heavy atom. The number of hydrogen-bond donors (Lipinski definition) is 2. The second-order valence-electron chi connectivity index (χ2n) is 3.05. The number of rotatable bonds is 8. The smallest absolute Gasteiger partial charge is 0.312 e. The minimum Gasteiger partial charge on any atom is -0.385 e. The highest BCUT2D eigenvalue weighted by molar-refractivity contribution is 6.35. The first kappa shape index (κ1) is 12.4. The highest BCUT2D eigenvalue weighted by Crippen LogP contribution is 1.95. The number of urea groups is 1. The molecule has 0 spiro atoms. The van der Waals surface area contributed by atoms with Gasteiger partial charge in [-0.05, 0) is 12.8 Å². The maximum atomic E-state index is 10.3. The molecule has 0 aromatic rings. The molecule has 0 aliphatic carbocycles. The molecule has 0 fully saturated rings. The number of methoxy groups -OCH3 is 1. The van der Waals surface area contributed by atoms with Crippen LogP contribution in [0.5, 0.6) is 0 Å². The third-order valence-electron chi connectivity index (χ3n) is 1.82. The zero-order valence-corrected chi connectivity index (χ0v) is 9.76. The van der Waals surface area contributed by atoms with Crippen LogP contribution in [0.1, 0.15) is 12.8 Å². The lowest BCUT2D eigenvalue weighted by Crippen LogP contribution is -2.30. The average molecular weight is 204 g/mol. The van der Waals surface area contributed by atoms with Gasteiger partial charge in [0.05, 0.1) is 0 Å². The van der Waals surface area contributed by atoms with Crippen LogP contribution in [0.25, 0.3) is 0 Å². The van der Waals surface area contributed by atoms with Crippen LogP contribution in [0, 0.1) is 0 Å². The van der Waals surface area contributed by atoms with Crippen molar-refractivity contribution in [3.8, 4) is 0 Å². The SMILES string of the molecule is COCCC[SiH2]CCCNC(N)=O. The van der Waals surface area contributed by atoms with Crippen LogP contribution in [-0.4, -0.2) is 35.8 Å². The minimum atomic E-state index is -0.416. The monoisotopic (exact) mass is 204 g/mol. The standard InChI is InChI=1S/C8H20N2O2Si/c1-12-5-3-7-13-6-2-4-10-8(9)11/h2-7,13H2,1H3,(H3,9,10,11). The van der Waals surface area contributed by atoms with Gasteiger partial charge in [-0.2, -0.15) is 0 Å². The predicted octanol–water partition coefficient (Wildman–Crippen LogP) is 0.0867. The summed E-state index contributed by atoms with van der Waals surface area (Å²) in [4.78, 5) is 10.3. The normalized spacial score (nSPS) is 10.8. The van der Waals surface area contributed by atoms with Crippen molar-refractivity contribution in [2.75, 3.05) is 20.3 Å². The average Bonchev–Trinajstić information content (AvgIpc) is 2.09. The minimum absolute atomic E-state index is 0.0740. The molecule has 0 unspecified atom stereocenters. The molecule has 0 aliphatic heterocycles. The fourth-order valence-corrected chi connectivity index (χ4v) is 2.63. The Bertz CT molecular complexity index is 133. The van der Waals surface area contributed by atoms with Gasteiger partial charge in [-0.3, -0.25) is 0 Å². The Balaban J connectivity index is 2.87. The Morgan fingerprint density at radius 1 is 1.46 bits per heavy atom. The molecular formula is C8H20N2O2Si. The summed E-state index contributed by atoms with van der Waals surface area (Å²) >= 11 is 0. The van der Waals surface area contributed by atoms with E-state index in [2.05, 4.69) is 5.32 Å². The molecule has 5 heteroatoms. The van der Waals surface area contributed by atoms with Gasteiger partial charge in [0.25, 0.3) is 0 Å². The first-order chi connectivity index (χ1) is 6.27. The van der Waals surface area contributed by atoms with Gasteiger partial charge in [-0.15, -0.1) is 0 Å². The summed E-state index contributed by atoms with van der Waals surface area (Å²) in [6.07, 6.45) is 2.26. The lowest BCUT2D eigenvalue weighted by molar-refractivity contribution is 0.199. The fourth-order valence-electron chi connectivity index (χ4n) is 1.11. The van der Waals surface area contributed by atoms with E-state index in [4.69, 9.17) is 10.5 Å². The second kappa shape index (κ2) is 9.53. The topological polar surface area (TPSA) is 64.3 Å². The van der Waals surface area contributed by atoms with Gasteiger partial charge in [-0.1, -0.05) is 12.1 Å². The van der Waals surface area contributed by atoms with Gasteiger partial charge >= 0.3 is 6.03 Å². The van der Waals surface area contributed by atoms with Crippen LogP contribution in [-0.2, 0) is 4.74 Å². The van der Waals surface area contributed by atoms with E-state index in [0.29, 0.717) is 0 Å². The summed E-state index contributed by atoms with van der Waals surface area (Å²) in [7, 11) is 1.81. The molecule has 2 amide bonds. The summed E-state index contributed by atoms with van der Waals surface area (Å²) in [6, 6.07) is 2.20. The Kier molecular flexibility index (Phi) is 9.13. The highest BCUT2D eigenvalue weighted by Gasteiger charge is 1.93. The van der Waals surface area contributed by atoms with E-state index in [1.807, 2.05) is 0 Å². The van der Waals surface area contributed by atoms with Crippen molar-refractivity contribution in [3.63, 3.8) is 0 Å². The van der Waals surface area contributed by atoms with Crippen molar-refractivity contribution in [1.82, 2.24) is 5.32 Å². The van der Waals surface area contributed by atoms with Crippen molar-refractivity contribution in [2.45, 2.75) is 24.9 Å². The van der Waals surface area contributed by atoms with Crippen LogP contribution in [0.2, 0.25) is 12.1 Å². The number of carbonyl (C=O) groups is 1. The molecule has 0 aromatic carbocycles. The first-order valence-electron chi connectivity index (χ1n) is 4.79. The Labute approximate surface area is 82.0 Å². The largest absolute Gasteiger partial charge is 0.385 e. The van der Waals surface area contributed by atoms with Crippen molar-refractivity contribution in [2.24, 2.45) is 5.73 Å². The van der Waals surface area contributed by atoms with Crippen LogP contribution >= 0.6 is 0 Å². The molecule has 13 heavy (non-hydrogen) atoms. The molecule has 0 aliphatic rings. The van der Waals surface area contributed by atoms with E-state index in [0.717, 1.165) is 19.6 Å². The number of nitrogens with one attached hydrogen (secondary N) is 1. The van der Waals surface area contributed by atoms with Gasteiger partial charge in [0.2, 0.25) is 0 Å². The lowest BCUT2D eigenvalue weighted by Gasteiger charge is -2.01. The number of amides is 2. The fraction of sp³-hybridized carbons (Fsp3) is 0.875. The number of carbonyl (C=O) groups excluding carboxylic acids is 1. The molecule has 0 rings (SSSR count). The highest BCUT2D eigenvalue weighted by atomic mass is 28.2. The van der Waals surface area contributed by atoms with E-state index in [-0.39, 0.29) is 9.52 Å². The third-order valence-corrected chi connectivity index (χ3v) is 3.82. The van der Waals surface area contributed by atoms with Crippen molar-refractivity contribution >= 4 is 15.6 Å². The van der Waals surface area contributed by atoms with Gasteiger partial charge in [-0.25, -0.2) is 4.79 Å².